The third-order valence-corrected chi connectivity index (χ3v) is 6.01. The summed E-state index contributed by atoms with van der Waals surface area (Å²) in [6.07, 6.45) is 6.95. The van der Waals surface area contributed by atoms with Crippen LogP contribution < -0.4 is 0 Å². The van der Waals surface area contributed by atoms with Crippen LogP contribution in [-0.2, 0) is 9.53 Å². The Morgan fingerprint density at radius 1 is 1.38 bits per heavy atom. The second kappa shape index (κ2) is 6.20. The van der Waals surface area contributed by atoms with Crippen LogP contribution in [0, 0.1) is 0 Å². The van der Waals surface area contributed by atoms with Crippen molar-refractivity contribution in [1.82, 2.24) is 0 Å². The summed E-state index contributed by atoms with van der Waals surface area (Å²) in [5.41, 5.74) is 0. The van der Waals surface area contributed by atoms with Crippen molar-refractivity contribution in [2.75, 3.05) is 0 Å². The van der Waals surface area contributed by atoms with Crippen LogP contribution in [0.15, 0.2) is 12.3 Å². The molecular formula is C12H18Br2O2. The van der Waals surface area contributed by atoms with Gasteiger partial charge in [0.2, 0.25) is 0 Å². The number of halogens is 2. The van der Waals surface area contributed by atoms with Crippen LogP contribution in [0.25, 0.3) is 0 Å². The van der Waals surface area contributed by atoms with Gasteiger partial charge in [0.1, 0.15) is 14.9 Å². The molecule has 0 spiro atoms. The van der Waals surface area contributed by atoms with Gasteiger partial charge in [-0.2, -0.15) is 0 Å². The third kappa shape index (κ3) is 3.10. The van der Waals surface area contributed by atoms with Gasteiger partial charge in [0.05, 0.1) is 0 Å². The summed E-state index contributed by atoms with van der Waals surface area (Å²) in [6.45, 7) is 6.00. The molecule has 4 heteroatoms. The molecule has 1 fully saturated rings. The van der Waals surface area contributed by atoms with E-state index in [2.05, 4.69) is 45.4 Å². The lowest BCUT2D eigenvalue weighted by Crippen LogP contribution is -2.30. The average Bonchev–Trinajstić information content (AvgIpc) is 2.43. The number of rotatable bonds is 6. The van der Waals surface area contributed by atoms with Crippen molar-refractivity contribution in [2.24, 2.45) is 0 Å². The SMILES string of the molecule is C=C1OC(=O)C(Br)C1(Br)CCCCCCC. The standard InChI is InChI=1S/C12H18Br2O2/c1-3-4-5-6-7-8-12(14)9(2)16-11(15)10(12)13/h10H,2-8H2,1H3. The Hall–Kier alpha value is 0.170. The number of carbonyl (C=O) groups is 1. The van der Waals surface area contributed by atoms with E-state index in [4.69, 9.17) is 4.74 Å². The molecule has 0 aromatic rings. The number of esters is 1. The minimum Gasteiger partial charge on any atom is -0.429 e. The van der Waals surface area contributed by atoms with Crippen LogP contribution >= 0.6 is 31.9 Å². The van der Waals surface area contributed by atoms with E-state index < -0.39 is 4.32 Å². The number of hydrogen-bond acceptors (Lipinski definition) is 2. The fourth-order valence-electron chi connectivity index (χ4n) is 1.84. The molecule has 0 amide bonds. The molecule has 16 heavy (non-hydrogen) atoms. The van der Waals surface area contributed by atoms with Crippen molar-refractivity contribution >= 4 is 37.8 Å². The van der Waals surface area contributed by atoms with E-state index in [1.54, 1.807) is 0 Å². The monoisotopic (exact) mass is 352 g/mol. The van der Waals surface area contributed by atoms with Gasteiger partial charge in [-0.3, -0.25) is 4.79 Å². The first-order valence-corrected chi connectivity index (χ1v) is 7.47. The van der Waals surface area contributed by atoms with Crippen molar-refractivity contribution in [1.29, 1.82) is 0 Å². The zero-order valence-electron chi connectivity index (χ0n) is 9.60. The lowest BCUT2D eigenvalue weighted by molar-refractivity contribution is -0.134. The molecule has 0 bridgehead atoms. The topological polar surface area (TPSA) is 26.3 Å². The number of carbonyl (C=O) groups excluding carboxylic acids is 1. The molecule has 1 aliphatic heterocycles. The molecule has 1 rings (SSSR count). The maximum atomic E-state index is 11.4. The van der Waals surface area contributed by atoms with Gasteiger partial charge in [-0.15, -0.1) is 0 Å². The van der Waals surface area contributed by atoms with Gasteiger partial charge in [-0.25, -0.2) is 0 Å². The highest BCUT2D eigenvalue weighted by atomic mass is 79.9. The molecule has 92 valence electrons. The molecule has 1 saturated heterocycles. The van der Waals surface area contributed by atoms with Crippen LogP contribution in [0.3, 0.4) is 0 Å². The van der Waals surface area contributed by atoms with Crippen molar-refractivity contribution in [2.45, 2.75) is 54.6 Å². The Bertz CT molecular complexity index is 278. The predicted molar refractivity (Wildman–Crippen MR) is 73.0 cm³/mol. The van der Waals surface area contributed by atoms with Crippen LogP contribution in [0.4, 0.5) is 0 Å². The van der Waals surface area contributed by atoms with E-state index >= 15 is 0 Å². The van der Waals surface area contributed by atoms with Gasteiger partial charge in [-0.05, 0) is 6.42 Å². The summed E-state index contributed by atoms with van der Waals surface area (Å²) in [4.78, 5) is 11.1. The summed E-state index contributed by atoms with van der Waals surface area (Å²) in [6, 6.07) is 0. The third-order valence-electron chi connectivity index (χ3n) is 2.94. The zero-order chi connectivity index (χ0) is 12.2. The van der Waals surface area contributed by atoms with Gasteiger partial charge < -0.3 is 4.74 Å². The van der Waals surface area contributed by atoms with E-state index in [-0.39, 0.29) is 10.8 Å². The fraction of sp³-hybridized carbons (Fsp3) is 0.750. The largest absolute Gasteiger partial charge is 0.429 e. The van der Waals surface area contributed by atoms with Crippen molar-refractivity contribution in [3.8, 4) is 0 Å². The normalized spacial score (nSPS) is 29.6. The van der Waals surface area contributed by atoms with Crippen LogP contribution in [0.1, 0.15) is 45.4 Å². The molecule has 2 unspecified atom stereocenters. The van der Waals surface area contributed by atoms with Crippen molar-refractivity contribution in [3.05, 3.63) is 12.3 Å². The van der Waals surface area contributed by atoms with Crippen molar-refractivity contribution < 1.29 is 9.53 Å². The van der Waals surface area contributed by atoms with Gasteiger partial charge in [-0.1, -0.05) is 77.5 Å². The minimum atomic E-state index is -0.406. The molecule has 2 atom stereocenters. The summed E-state index contributed by atoms with van der Waals surface area (Å²) < 4.78 is 4.63. The molecule has 0 aromatic carbocycles. The molecule has 0 radical (unpaired) electrons. The summed E-state index contributed by atoms with van der Waals surface area (Å²) in [7, 11) is 0. The molecule has 2 nitrogen and oxygen atoms in total. The van der Waals surface area contributed by atoms with E-state index in [1.165, 1.54) is 25.7 Å². The Labute approximate surface area is 114 Å². The van der Waals surface area contributed by atoms with E-state index in [1.807, 2.05) is 0 Å². The van der Waals surface area contributed by atoms with Crippen molar-refractivity contribution in [3.63, 3.8) is 0 Å². The highest BCUT2D eigenvalue weighted by molar-refractivity contribution is 9.13. The lowest BCUT2D eigenvalue weighted by Gasteiger charge is -2.22. The van der Waals surface area contributed by atoms with Gasteiger partial charge in [0.25, 0.3) is 0 Å². The predicted octanol–water partition coefficient (Wildman–Crippen LogP) is 4.31. The number of alkyl halides is 2. The molecular weight excluding hydrogens is 336 g/mol. The molecule has 0 aromatic heterocycles. The quantitative estimate of drug-likeness (QED) is 0.404. The first-order valence-electron chi connectivity index (χ1n) is 5.76. The van der Waals surface area contributed by atoms with E-state index in [0.717, 1.165) is 12.8 Å². The zero-order valence-corrected chi connectivity index (χ0v) is 12.8. The molecule has 0 saturated carbocycles. The molecule has 1 heterocycles. The summed E-state index contributed by atoms with van der Waals surface area (Å²) in [5.74, 6) is 0.297. The first-order chi connectivity index (χ1) is 7.52. The number of ether oxygens (including phenoxy) is 1. The number of hydrogen-bond donors (Lipinski definition) is 0. The smallest absolute Gasteiger partial charge is 0.326 e. The number of allylic oxidation sites excluding steroid dienone is 1. The van der Waals surface area contributed by atoms with Crippen LogP contribution in [-0.4, -0.2) is 15.1 Å². The maximum absolute atomic E-state index is 11.4. The number of unbranched alkanes of at least 4 members (excludes halogenated alkanes) is 4. The highest BCUT2D eigenvalue weighted by Crippen LogP contribution is 2.45. The van der Waals surface area contributed by atoms with Gasteiger partial charge in [0, 0.05) is 0 Å². The maximum Gasteiger partial charge on any atom is 0.326 e. The Kier molecular flexibility index (Phi) is 5.51. The van der Waals surface area contributed by atoms with Gasteiger partial charge in [0.15, 0.2) is 0 Å². The molecule has 1 aliphatic rings. The van der Waals surface area contributed by atoms with Crippen LogP contribution in [0.5, 0.6) is 0 Å². The van der Waals surface area contributed by atoms with E-state index in [0.29, 0.717) is 5.76 Å². The van der Waals surface area contributed by atoms with Crippen LogP contribution in [0.2, 0.25) is 0 Å². The number of cyclic esters (lactones) is 1. The fourth-order valence-corrected chi connectivity index (χ4v) is 2.96. The summed E-state index contributed by atoms with van der Waals surface area (Å²) >= 11 is 6.96. The highest BCUT2D eigenvalue weighted by Gasteiger charge is 2.50. The van der Waals surface area contributed by atoms with Gasteiger partial charge >= 0.3 is 5.97 Å². The molecule has 0 aliphatic carbocycles. The Morgan fingerprint density at radius 3 is 2.50 bits per heavy atom. The minimum absolute atomic E-state index is 0.240. The second-order valence-electron chi connectivity index (χ2n) is 4.23. The van der Waals surface area contributed by atoms with E-state index in [9.17, 15) is 4.79 Å². The molecule has 0 N–H and O–H groups in total. The first kappa shape index (κ1) is 14.2. The summed E-state index contributed by atoms with van der Waals surface area (Å²) in [5, 5.41) is 0. The Balaban J connectivity index is 2.39. The second-order valence-corrected chi connectivity index (χ2v) is 6.56. The Morgan fingerprint density at radius 2 is 2.00 bits per heavy atom. The lowest BCUT2D eigenvalue weighted by atomic mass is 9.97. The average molecular weight is 354 g/mol.